The lowest BCUT2D eigenvalue weighted by Gasteiger charge is -2.47. The van der Waals surface area contributed by atoms with E-state index in [9.17, 15) is 91.4 Å². The Kier molecular flexibility index (Phi) is 44.8. The van der Waals surface area contributed by atoms with Crippen LogP contribution >= 0.6 is 11.8 Å². The zero-order valence-corrected chi connectivity index (χ0v) is 71.6. The summed E-state index contributed by atoms with van der Waals surface area (Å²) in [5.74, 6) is -18.0. The summed E-state index contributed by atoms with van der Waals surface area (Å²) < 4.78 is 167. The van der Waals surface area contributed by atoms with Crippen LogP contribution in [0.5, 0.6) is 0 Å². The van der Waals surface area contributed by atoms with Gasteiger partial charge in [0.2, 0.25) is 0 Å². The van der Waals surface area contributed by atoms with E-state index in [1.165, 1.54) is 0 Å². The molecule has 0 saturated carbocycles. The first-order valence-corrected chi connectivity index (χ1v) is 39.0. The van der Waals surface area contributed by atoms with E-state index in [2.05, 4.69) is 0 Å². The van der Waals surface area contributed by atoms with E-state index in [0.717, 1.165) is 136 Å². The van der Waals surface area contributed by atoms with Crippen LogP contribution in [0.2, 0.25) is 0 Å². The summed E-state index contributed by atoms with van der Waals surface area (Å²) in [6.45, 7) is 11.0. The fourth-order valence-electron chi connectivity index (χ4n) is 12.5. The molecule has 26 atom stereocenters. The topological polar surface area (TPSA) is 595 Å². The Hall–Kier alpha value is -9.67. The van der Waals surface area contributed by atoms with E-state index < -0.39 is 332 Å². The number of thioether (sulfide) groups is 1. The molecule has 4 saturated heterocycles. The van der Waals surface area contributed by atoms with Crippen molar-refractivity contribution < 1.29 is 229 Å². The van der Waals surface area contributed by atoms with Crippen molar-refractivity contribution in [1.29, 1.82) is 0 Å². The van der Waals surface area contributed by atoms with Gasteiger partial charge in [0.25, 0.3) is 0 Å². The van der Waals surface area contributed by atoms with Crippen LogP contribution in [-0.2, 0) is 224 Å². The summed E-state index contributed by atoms with van der Waals surface area (Å²) in [6, 6.07) is 0. The monoisotopic (exact) mass is 1790 g/mol. The van der Waals surface area contributed by atoms with Crippen LogP contribution in [0.3, 0.4) is 0 Å². The van der Waals surface area contributed by atoms with Crippen LogP contribution < -0.4 is 0 Å². The summed E-state index contributed by atoms with van der Waals surface area (Å²) in [5.41, 5.74) is -1.19. The van der Waals surface area contributed by atoms with Crippen molar-refractivity contribution in [2.24, 2.45) is 0 Å². The average Bonchev–Trinajstić information content (AvgIpc) is 0.781. The molecule has 696 valence electrons. The van der Waals surface area contributed by atoms with Crippen LogP contribution in [0, 0.1) is 0 Å². The van der Waals surface area contributed by atoms with Gasteiger partial charge in [-0.05, 0) is 5.75 Å². The van der Waals surface area contributed by atoms with Crippen molar-refractivity contribution in [3.05, 3.63) is 0 Å². The lowest BCUT2D eigenvalue weighted by atomic mass is 9.96. The summed E-state index contributed by atoms with van der Waals surface area (Å²) in [5, 5.41) is 12.0. The molecule has 0 aromatic rings. The SMILES string of the molecule is CCSC(OCCOC1OC(COC(OCCOC2OC(COC3OC(COC4OC(COC(C)=O)C(OC(C)=O)C(OC(C)=O)C4OC(C)=O)C(OC(C)=O)C(OC(C)=O)C3OC(C)=O)C(OC(C)=O)C(OC(C)=O)C2OC(C)=O)C(OC(C)=O)C(COC(C)=O)OC(C)=O)C(OC(C)=O)C(O)C1OC(C)=O)C(OC(C)=O)C(COC(C)=O)OC(C)=O. The quantitative estimate of drug-likeness (QED) is 0.0311. The largest absolute Gasteiger partial charge is 0.463 e. The molecule has 0 bridgehead atoms. The Morgan fingerprint density at radius 2 is 0.561 bits per heavy atom. The third-order valence-corrected chi connectivity index (χ3v) is 17.5. The predicted octanol–water partition coefficient (Wildman–Crippen LogP) is -1.57. The molecule has 4 heterocycles. The van der Waals surface area contributed by atoms with E-state index >= 15 is 0 Å². The standard InChI is InChI=1S/C74H106O48S/c1-20-123-74(61(111-41(12)85)54(105-35(6)79)27-100-33(4)77)97-24-23-95-70-62(112-42(13)86)55(93)56(106-36(7)80)49(119-70)28-101-69(60(110-40(11)84)53(104-34(5)78)26-99-32(3)76)94-21-22-96-71-66(116-46(17)90)63(113-43(14)87)58(108-38(9)82)51(120-71)29-102-73-68(118-48(19)92)65(115-45(16)89)59(109-39(10)83)52(122-73)30-103-72-67(117-47(18)91)64(114-44(15)88)57(107-37(8)81)50(121-72)25-98-31(2)75/h49-74,93H,20-30H2,1-19H3. The Morgan fingerprint density at radius 1 is 0.276 bits per heavy atom. The fraction of sp³-hybridized carbons (Fsp3) is 0.757. The Bertz CT molecular complexity index is 3610. The first kappa shape index (κ1) is 106. The highest BCUT2D eigenvalue weighted by Crippen LogP contribution is 2.37. The molecule has 48 nitrogen and oxygen atoms in total. The fourth-order valence-corrected chi connectivity index (χ4v) is 13.4. The van der Waals surface area contributed by atoms with Gasteiger partial charge in [0.05, 0.1) is 46.2 Å². The van der Waals surface area contributed by atoms with Gasteiger partial charge in [-0.25, -0.2) is 0 Å². The highest BCUT2D eigenvalue weighted by atomic mass is 32.2. The van der Waals surface area contributed by atoms with Crippen molar-refractivity contribution in [1.82, 2.24) is 0 Å². The average molecular weight is 1800 g/mol. The van der Waals surface area contributed by atoms with Gasteiger partial charge in [-0.2, -0.15) is 0 Å². The summed E-state index contributed by atoms with van der Waals surface area (Å²) in [7, 11) is 0. The lowest BCUT2D eigenvalue weighted by Crippen LogP contribution is -2.65. The minimum absolute atomic E-state index is 0.288. The van der Waals surface area contributed by atoms with Gasteiger partial charge < -0.3 is 142 Å². The minimum atomic E-state index is -2.15. The number of rotatable bonds is 46. The van der Waals surface area contributed by atoms with E-state index in [4.69, 9.17) is 137 Å². The molecule has 4 fully saturated rings. The Morgan fingerprint density at radius 3 is 0.902 bits per heavy atom. The number of esters is 18. The van der Waals surface area contributed by atoms with Gasteiger partial charge in [0, 0.05) is 125 Å². The van der Waals surface area contributed by atoms with Crippen molar-refractivity contribution in [3.63, 3.8) is 0 Å². The molecular formula is C74H106O48S. The van der Waals surface area contributed by atoms with E-state index in [0.29, 0.717) is 0 Å². The molecule has 0 aromatic carbocycles. The molecule has 0 amide bonds. The van der Waals surface area contributed by atoms with Crippen LogP contribution in [-0.4, -0.2) is 343 Å². The highest BCUT2D eigenvalue weighted by molar-refractivity contribution is 7.99. The summed E-state index contributed by atoms with van der Waals surface area (Å²) in [4.78, 5) is 229. The molecular weight excluding hydrogens is 1690 g/mol. The summed E-state index contributed by atoms with van der Waals surface area (Å²) >= 11 is 1.05. The Balaban J connectivity index is 1.85. The van der Waals surface area contributed by atoms with Gasteiger partial charge in [0.1, 0.15) is 55.8 Å². The number of hydrogen-bond acceptors (Lipinski definition) is 49. The maximum atomic E-state index is 13.2. The van der Waals surface area contributed by atoms with Gasteiger partial charge in [-0.3, -0.25) is 86.3 Å². The molecule has 0 radical (unpaired) electrons. The van der Waals surface area contributed by atoms with Gasteiger partial charge >= 0.3 is 107 Å². The Labute approximate surface area is 707 Å². The molecule has 4 aliphatic rings. The van der Waals surface area contributed by atoms with E-state index in [-0.39, 0.29) is 5.75 Å². The maximum absolute atomic E-state index is 13.2. The molecule has 0 aromatic heterocycles. The molecule has 123 heavy (non-hydrogen) atoms. The van der Waals surface area contributed by atoms with Gasteiger partial charge in [0.15, 0.2) is 123 Å². The van der Waals surface area contributed by atoms with Crippen LogP contribution in [0.15, 0.2) is 0 Å². The molecule has 49 heteroatoms. The first-order chi connectivity index (χ1) is 57.7. The van der Waals surface area contributed by atoms with Crippen molar-refractivity contribution >= 4 is 119 Å². The second-order valence-corrected chi connectivity index (χ2v) is 28.4. The van der Waals surface area contributed by atoms with Gasteiger partial charge in [-0.15, -0.1) is 11.8 Å². The lowest BCUT2D eigenvalue weighted by molar-refractivity contribution is -0.346. The molecule has 26 unspecified atom stereocenters. The van der Waals surface area contributed by atoms with E-state index in [1.807, 2.05) is 0 Å². The predicted molar refractivity (Wildman–Crippen MR) is 391 cm³/mol. The second-order valence-electron chi connectivity index (χ2n) is 27.0. The molecule has 4 aliphatic heterocycles. The number of ether oxygens (including phenoxy) is 29. The summed E-state index contributed by atoms with van der Waals surface area (Å²) in [6.07, 6.45) is -46.8. The number of carbonyl (C=O) groups excluding carboxylic acids is 18. The highest BCUT2D eigenvalue weighted by Gasteiger charge is 2.59. The normalized spacial score (nSPS) is 27.4. The molecule has 0 aliphatic carbocycles. The minimum Gasteiger partial charge on any atom is -0.463 e. The number of aliphatic hydroxyl groups excluding tert-OH is 1. The number of aliphatic hydroxyl groups is 1. The number of carbonyl (C=O) groups is 18. The van der Waals surface area contributed by atoms with Gasteiger partial charge in [-0.1, -0.05) is 6.92 Å². The molecule has 4 rings (SSSR count). The van der Waals surface area contributed by atoms with Crippen molar-refractivity contribution in [3.8, 4) is 0 Å². The van der Waals surface area contributed by atoms with Crippen LogP contribution in [0.4, 0.5) is 0 Å². The zero-order valence-electron chi connectivity index (χ0n) is 70.8. The van der Waals surface area contributed by atoms with Crippen LogP contribution in [0.1, 0.15) is 132 Å². The third-order valence-electron chi connectivity index (χ3n) is 16.5. The van der Waals surface area contributed by atoms with Crippen LogP contribution in [0.25, 0.3) is 0 Å². The smallest absolute Gasteiger partial charge is 0.303 e. The second kappa shape index (κ2) is 52.2. The third kappa shape index (κ3) is 36.6. The first-order valence-electron chi connectivity index (χ1n) is 37.9. The zero-order chi connectivity index (χ0) is 92.4. The molecule has 1 N–H and O–H groups in total. The number of hydrogen-bond donors (Lipinski definition) is 1. The van der Waals surface area contributed by atoms with E-state index in [1.54, 1.807) is 6.92 Å². The molecule has 0 spiro atoms. The maximum Gasteiger partial charge on any atom is 0.303 e. The van der Waals surface area contributed by atoms with Crippen molar-refractivity contribution in [2.75, 3.05) is 71.8 Å². The van der Waals surface area contributed by atoms with Crippen molar-refractivity contribution in [2.45, 2.75) is 291 Å².